The van der Waals surface area contributed by atoms with E-state index in [1.165, 1.54) is 0 Å². The molecule has 1 amide bonds. The molecule has 0 unspecified atom stereocenters. The van der Waals surface area contributed by atoms with Crippen LogP contribution in [0.5, 0.6) is 0 Å². The summed E-state index contributed by atoms with van der Waals surface area (Å²) >= 11 is 7.64. The number of nitrogens with one attached hydrogen (secondary N) is 1. The third kappa shape index (κ3) is 4.71. The van der Waals surface area contributed by atoms with E-state index in [4.69, 9.17) is 16.3 Å². The molecular weight excluding hydrogens is 434 g/mol. The van der Waals surface area contributed by atoms with E-state index in [9.17, 15) is 4.79 Å². The highest BCUT2D eigenvalue weighted by molar-refractivity contribution is 7.15. The average molecular weight is 458 g/mol. The molecule has 7 nitrogen and oxygen atoms in total. The van der Waals surface area contributed by atoms with Crippen LogP contribution in [-0.4, -0.2) is 46.8 Å². The maximum absolute atomic E-state index is 12.3. The van der Waals surface area contributed by atoms with Crippen molar-refractivity contribution < 1.29 is 9.53 Å². The zero-order valence-corrected chi connectivity index (χ0v) is 19.2. The number of carbonyl (C=O) groups is 1. The molecule has 0 bridgehead atoms. The fraction of sp³-hybridized carbons (Fsp3) is 0.364. The molecule has 1 fully saturated rings. The molecule has 0 radical (unpaired) electrons. The Bertz CT molecular complexity index is 1060. The van der Waals surface area contributed by atoms with Gasteiger partial charge in [-0.15, -0.1) is 11.3 Å². The predicted molar refractivity (Wildman–Crippen MR) is 123 cm³/mol. The van der Waals surface area contributed by atoms with Gasteiger partial charge in [-0.05, 0) is 38.1 Å². The number of halogens is 1. The Labute approximate surface area is 190 Å². The van der Waals surface area contributed by atoms with Crippen molar-refractivity contribution in [3.8, 4) is 10.6 Å². The lowest BCUT2D eigenvalue weighted by atomic mass is 10.1. The number of nitrogens with zero attached hydrogens (tertiary/aromatic N) is 4. The second-order valence-corrected chi connectivity index (χ2v) is 9.10. The van der Waals surface area contributed by atoms with Crippen LogP contribution in [-0.2, 0) is 11.2 Å². The number of hydrogen-bond donors (Lipinski definition) is 1. The molecule has 3 atom stereocenters. The topological polar surface area (TPSA) is 80.2 Å². The van der Waals surface area contributed by atoms with Crippen molar-refractivity contribution in [2.75, 3.05) is 18.6 Å². The van der Waals surface area contributed by atoms with Gasteiger partial charge in [0.1, 0.15) is 23.3 Å². The first-order valence-corrected chi connectivity index (χ1v) is 11.3. The van der Waals surface area contributed by atoms with E-state index in [-0.39, 0.29) is 24.1 Å². The van der Waals surface area contributed by atoms with Crippen molar-refractivity contribution in [2.45, 2.75) is 38.3 Å². The summed E-state index contributed by atoms with van der Waals surface area (Å²) in [6, 6.07) is 9.40. The molecule has 3 aromatic rings. The van der Waals surface area contributed by atoms with Gasteiger partial charge in [0.25, 0.3) is 0 Å². The molecular formula is C22H24ClN5O2S. The number of aromatic nitrogens is 3. The van der Waals surface area contributed by atoms with Crippen molar-refractivity contribution in [2.24, 2.45) is 0 Å². The number of carbonyl (C=O) groups excluding carboxylic acids is 1. The van der Waals surface area contributed by atoms with E-state index in [1.807, 2.05) is 44.4 Å². The Morgan fingerprint density at radius 1 is 1.26 bits per heavy atom. The number of hydrogen-bond acceptors (Lipinski definition) is 7. The lowest BCUT2D eigenvalue weighted by Gasteiger charge is -2.25. The summed E-state index contributed by atoms with van der Waals surface area (Å²) in [6.45, 7) is 4.49. The molecule has 1 N–H and O–H groups in total. The van der Waals surface area contributed by atoms with Gasteiger partial charge in [0.15, 0.2) is 0 Å². The Morgan fingerprint density at radius 3 is 2.77 bits per heavy atom. The van der Waals surface area contributed by atoms with Crippen LogP contribution in [0.4, 0.5) is 10.6 Å². The van der Waals surface area contributed by atoms with E-state index in [1.54, 1.807) is 28.5 Å². The summed E-state index contributed by atoms with van der Waals surface area (Å²) in [4.78, 5) is 28.8. The quantitative estimate of drug-likeness (QED) is 0.561. The maximum atomic E-state index is 12.3. The third-order valence-corrected chi connectivity index (χ3v) is 7.00. The first kappa shape index (κ1) is 21.7. The van der Waals surface area contributed by atoms with Crippen LogP contribution < -0.4 is 10.2 Å². The number of thiazole rings is 1. The van der Waals surface area contributed by atoms with E-state index in [0.29, 0.717) is 29.7 Å². The summed E-state index contributed by atoms with van der Waals surface area (Å²) in [5.41, 5.74) is 1.04. The van der Waals surface area contributed by atoms with Gasteiger partial charge in [-0.3, -0.25) is 4.90 Å². The summed E-state index contributed by atoms with van der Waals surface area (Å²) in [6.07, 6.45) is 3.87. The molecule has 162 valence electrons. The van der Waals surface area contributed by atoms with Gasteiger partial charge in [0, 0.05) is 40.3 Å². The summed E-state index contributed by atoms with van der Waals surface area (Å²) in [5, 5.41) is 4.85. The van der Waals surface area contributed by atoms with Gasteiger partial charge in [0.05, 0.1) is 6.04 Å². The van der Waals surface area contributed by atoms with E-state index >= 15 is 0 Å². The van der Waals surface area contributed by atoms with Gasteiger partial charge in [-0.25, -0.2) is 19.7 Å². The SMILES string of the molecule is CN[C@H](C)[C@H]1COC(=O)N1c1ccnc(C[C@@H](C)c2cnc(-c3ccc(Cl)cc3)s2)n1. The molecule has 1 saturated heterocycles. The van der Waals surface area contributed by atoms with Crippen molar-refractivity contribution in [1.29, 1.82) is 0 Å². The first-order chi connectivity index (χ1) is 15.0. The minimum Gasteiger partial charge on any atom is -0.447 e. The standard InChI is InChI=1S/C22H24ClN5O2S/c1-13(18-11-26-21(31-18)15-4-6-16(23)7-5-15)10-19-25-9-8-20(27-19)28-17(14(2)24-3)12-30-22(28)29/h4-9,11,13-14,17,24H,10,12H2,1-3H3/t13-,14-,17-/m1/s1. The number of rotatable bonds is 7. The molecule has 9 heteroatoms. The number of amides is 1. The van der Waals surface area contributed by atoms with Crippen LogP contribution in [0.25, 0.3) is 10.6 Å². The molecule has 0 spiro atoms. The minimum absolute atomic E-state index is 0.0762. The first-order valence-electron chi connectivity index (χ1n) is 10.1. The van der Waals surface area contributed by atoms with Gasteiger partial charge in [0.2, 0.25) is 0 Å². The van der Waals surface area contributed by atoms with E-state index in [2.05, 4.69) is 27.2 Å². The highest BCUT2D eigenvalue weighted by Crippen LogP contribution is 2.32. The van der Waals surface area contributed by atoms with Gasteiger partial charge >= 0.3 is 6.09 Å². The fourth-order valence-corrected chi connectivity index (χ4v) is 4.59. The Hall–Kier alpha value is -2.55. The number of ether oxygens (including phenoxy) is 1. The molecule has 0 saturated carbocycles. The van der Waals surface area contributed by atoms with E-state index < -0.39 is 0 Å². The summed E-state index contributed by atoms with van der Waals surface area (Å²) in [7, 11) is 1.87. The molecule has 1 aliphatic rings. The largest absolute Gasteiger partial charge is 0.447 e. The highest BCUT2D eigenvalue weighted by Gasteiger charge is 2.38. The normalized spacial score (nSPS) is 18.1. The average Bonchev–Trinajstić information content (AvgIpc) is 3.41. The lowest BCUT2D eigenvalue weighted by Crippen LogP contribution is -2.47. The number of anilines is 1. The van der Waals surface area contributed by atoms with Crippen LogP contribution in [0.15, 0.2) is 42.7 Å². The van der Waals surface area contributed by atoms with Crippen molar-refractivity contribution >= 4 is 34.8 Å². The van der Waals surface area contributed by atoms with Crippen molar-refractivity contribution in [3.63, 3.8) is 0 Å². The summed E-state index contributed by atoms with van der Waals surface area (Å²) < 4.78 is 5.27. The van der Waals surface area contributed by atoms with Crippen LogP contribution in [0.3, 0.4) is 0 Å². The van der Waals surface area contributed by atoms with Crippen LogP contribution in [0, 0.1) is 0 Å². The Morgan fingerprint density at radius 2 is 2.03 bits per heavy atom. The molecule has 3 heterocycles. The van der Waals surface area contributed by atoms with Gasteiger partial charge in [-0.1, -0.05) is 30.7 Å². The number of cyclic esters (lactones) is 1. The molecule has 1 aromatic carbocycles. The van der Waals surface area contributed by atoms with Crippen LogP contribution >= 0.6 is 22.9 Å². The maximum Gasteiger partial charge on any atom is 0.415 e. The van der Waals surface area contributed by atoms with Gasteiger partial charge < -0.3 is 10.1 Å². The van der Waals surface area contributed by atoms with Crippen molar-refractivity contribution in [1.82, 2.24) is 20.3 Å². The Balaban J connectivity index is 1.50. The fourth-order valence-electron chi connectivity index (χ4n) is 3.50. The second kappa shape index (κ2) is 9.30. The van der Waals surface area contributed by atoms with Gasteiger partial charge in [-0.2, -0.15) is 0 Å². The van der Waals surface area contributed by atoms with Crippen LogP contribution in [0.1, 0.15) is 30.5 Å². The zero-order chi connectivity index (χ0) is 22.0. The second-order valence-electron chi connectivity index (χ2n) is 7.60. The molecule has 31 heavy (non-hydrogen) atoms. The molecule has 0 aliphatic carbocycles. The number of likely N-dealkylation sites (N-methyl/N-ethyl adjacent to an activating group) is 1. The molecule has 4 rings (SSSR count). The Kier molecular flexibility index (Phi) is 6.50. The minimum atomic E-state index is -0.375. The van der Waals surface area contributed by atoms with Crippen LogP contribution in [0.2, 0.25) is 5.02 Å². The summed E-state index contributed by atoms with van der Waals surface area (Å²) in [5.74, 6) is 1.44. The lowest BCUT2D eigenvalue weighted by molar-refractivity contribution is 0.177. The highest BCUT2D eigenvalue weighted by atomic mass is 35.5. The predicted octanol–water partition coefficient (Wildman–Crippen LogP) is 4.53. The zero-order valence-electron chi connectivity index (χ0n) is 17.6. The third-order valence-electron chi connectivity index (χ3n) is 5.47. The smallest absolute Gasteiger partial charge is 0.415 e. The monoisotopic (exact) mass is 457 g/mol. The van der Waals surface area contributed by atoms with E-state index in [0.717, 1.165) is 15.4 Å². The molecule has 2 aromatic heterocycles. The number of benzene rings is 1. The van der Waals surface area contributed by atoms with Crippen molar-refractivity contribution in [3.05, 3.63) is 58.4 Å². The molecule has 1 aliphatic heterocycles.